The molecule has 0 saturated carbocycles. The van der Waals surface area contributed by atoms with Crippen LogP contribution < -0.4 is 11.1 Å². The molecule has 1 amide bonds. The number of carbonyl (C=O) groups is 1. The minimum absolute atomic E-state index is 0.0145. The molecule has 2 aromatic rings. The highest BCUT2D eigenvalue weighted by Crippen LogP contribution is 2.16. The number of benzene rings is 1. The van der Waals surface area contributed by atoms with Gasteiger partial charge in [-0.2, -0.15) is 0 Å². The SMILES string of the molecule is Cc1ccc(NC(=O)COCCc2ccccn2)cc1N. The molecule has 3 N–H and O–H groups in total. The van der Waals surface area contributed by atoms with Crippen molar-refractivity contribution in [1.82, 2.24) is 4.98 Å². The maximum Gasteiger partial charge on any atom is 0.250 e. The van der Waals surface area contributed by atoms with Crippen LogP contribution in [0, 0.1) is 6.92 Å². The highest BCUT2D eigenvalue weighted by molar-refractivity contribution is 5.92. The van der Waals surface area contributed by atoms with Crippen LogP contribution in [0.25, 0.3) is 0 Å². The molecule has 21 heavy (non-hydrogen) atoms. The number of carbonyl (C=O) groups excluding carboxylic acids is 1. The van der Waals surface area contributed by atoms with Crippen molar-refractivity contribution < 1.29 is 9.53 Å². The van der Waals surface area contributed by atoms with Gasteiger partial charge < -0.3 is 15.8 Å². The van der Waals surface area contributed by atoms with Crippen molar-refractivity contribution in [1.29, 1.82) is 0 Å². The predicted molar refractivity (Wildman–Crippen MR) is 83.0 cm³/mol. The number of anilines is 2. The van der Waals surface area contributed by atoms with E-state index in [0.717, 1.165) is 11.3 Å². The van der Waals surface area contributed by atoms with Crippen LogP contribution in [0.4, 0.5) is 11.4 Å². The van der Waals surface area contributed by atoms with Gasteiger partial charge in [-0.25, -0.2) is 0 Å². The fourth-order valence-corrected chi connectivity index (χ4v) is 1.80. The van der Waals surface area contributed by atoms with Crippen molar-refractivity contribution in [3.63, 3.8) is 0 Å². The number of aromatic nitrogens is 1. The van der Waals surface area contributed by atoms with Gasteiger partial charge in [0.2, 0.25) is 5.91 Å². The number of nitrogens with zero attached hydrogens (tertiary/aromatic N) is 1. The van der Waals surface area contributed by atoms with Crippen LogP contribution in [-0.2, 0) is 16.0 Å². The van der Waals surface area contributed by atoms with E-state index in [1.165, 1.54) is 0 Å². The third kappa shape index (κ3) is 4.89. The lowest BCUT2D eigenvalue weighted by atomic mass is 10.2. The standard InChI is InChI=1S/C16H19N3O2/c1-12-5-6-14(10-15(12)17)19-16(20)11-21-9-7-13-4-2-3-8-18-13/h2-6,8,10H,7,9,11,17H2,1H3,(H,19,20). The van der Waals surface area contributed by atoms with E-state index in [9.17, 15) is 4.79 Å². The van der Waals surface area contributed by atoms with Gasteiger partial charge in [0.25, 0.3) is 0 Å². The first-order valence-corrected chi connectivity index (χ1v) is 6.79. The highest BCUT2D eigenvalue weighted by atomic mass is 16.5. The fraction of sp³-hybridized carbons (Fsp3) is 0.250. The molecule has 0 bridgehead atoms. The molecule has 110 valence electrons. The second-order valence-corrected chi connectivity index (χ2v) is 4.74. The Morgan fingerprint density at radius 1 is 1.33 bits per heavy atom. The summed E-state index contributed by atoms with van der Waals surface area (Å²) in [4.78, 5) is 15.9. The van der Waals surface area contributed by atoms with E-state index in [0.29, 0.717) is 24.4 Å². The molecule has 0 aliphatic heterocycles. The first-order valence-electron chi connectivity index (χ1n) is 6.79. The van der Waals surface area contributed by atoms with Crippen LogP contribution in [0.2, 0.25) is 0 Å². The Bertz CT molecular complexity index is 600. The van der Waals surface area contributed by atoms with Crippen molar-refractivity contribution >= 4 is 17.3 Å². The monoisotopic (exact) mass is 285 g/mol. The Balaban J connectivity index is 1.71. The van der Waals surface area contributed by atoms with Crippen molar-refractivity contribution in [3.05, 3.63) is 53.9 Å². The van der Waals surface area contributed by atoms with Gasteiger partial charge in [0.05, 0.1) is 6.61 Å². The quantitative estimate of drug-likeness (QED) is 0.630. The zero-order valence-corrected chi connectivity index (χ0v) is 12.0. The molecule has 0 radical (unpaired) electrons. The number of hydrogen-bond acceptors (Lipinski definition) is 4. The Labute approximate surface area is 124 Å². The first kappa shape index (κ1) is 15.0. The molecule has 0 atom stereocenters. The lowest BCUT2D eigenvalue weighted by Crippen LogP contribution is -2.19. The molecular formula is C16H19N3O2. The third-order valence-corrected chi connectivity index (χ3v) is 3.02. The predicted octanol–water partition coefficient (Wildman–Crippen LogP) is 2.17. The molecule has 0 saturated heterocycles. The van der Waals surface area contributed by atoms with E-state index in [1.54, 1.807) is 12.3 Å². The van der Waals surface area contributed by atoms with Crippen molar-refractivity contribution in [2.24, 2.45) is 0 Å². The number of rotatable bonds is 6. The molecule has 1 heterocycles. The van der Waals surface area contributed by atoms with Gasteiger partial charge in [0.1, 0.15) is 6.61 Å². The van der Waals surface area contributed by atoms with Crippen LogP contribution in [0.15, 0.2) is 42.6 Å². The highest BCUT2D eigenvalue weighted by Gasteiger charge is 2.04. The molecule has 0 fully saturated rings. The molecule has 0 unspecified atom stereocenters. The number of hydrogen-bond donors (Lipinski definition) is 2. The average molecular weight is 285 g/mol. The van der Waals surface area contributed by atoms with Crippen LogP contribution in [0.5, 0.6) is 0 Å². The molecular weight excluding hydrogens is 266 g/mol. The zero-order chi connectivity index (χ0) is 15.1. The van der Waals surface area contributed by atoms with Crippen LogP contribution in [0.3, 0.4) is 0 Å². The number of nitrogen functional groups attached to an aromatic ring is 1. The Kier molecular flexibility index (Phi) is 5.29. The summed E-state index contributed by atoms with van der Waals surface area (Å²) in [6.07, 6.45) is 2.43. The summed E-state index contributed by atoms with van der Waals surface area (Å²) in [7, 11) is 0. The van der Waals surface area contributed by atoms with Gasteiger partial charge in [0, 0.05) is 29.7 Å². The minimum atomic E-state index is -0.195. The lowest BCUT2D eigenvalue weighted by Gasteiger charge is -2.08. The number of amides is 1. The number of nitrogens with one attached hydrogen (secondary N) is 1. The van der Waals surface area contributed by atoms with Crippen molar-refractivity contribution in [2.45, 2.75) is 13.3 Å². The summed E-state index contributed by atoms with van der Waals surface area (Å²) >= 11 is 0. The van der Waals surface area contributed by atoms with Gasteiger partial charge in [-0.3, -0.25) is 9.78 Å². The molecule has 5 nitrogen and oxygen atoms in total. The first-order chi connectivity index (χ1) is 10.1. The normalized spacial score (nSPS) is 10.3. The van der Waals surface area contributed by atoms with Gasteiger partial charge in [-0.05, 0) is 36.8 Å². The van der Waals surface area contributed by atoms with Crippen LogP contribution in [-0.4, -0.2) is 24.1 Å². The van der Waals surface area contributed by atoms with Gasteiger partial charge >= 0.3 is 0 Å². The summed E-state index contributed by atoms with van der Waals surface area (Å²) < 4.78 is 5.34. The molecule has 0 aliphatic rings. The topological polar surface area (TPSA) is 77.2 Å². The van der Waals surface area contributed by atoms with E-state index < -0.39 is 0 Å². The smallest absolute Gasteiger partial charge is 0.250 e. The molecule has 0 aliphatic carbocycles. The van der Waals surface area contributed by atoms with E-state index in [2.05, 4.69) is 10.3 Å². The second kappa shape index (κ2) is 7.40. The lowest BCUT2D eigenvalue weighted by molar-refractivity contribution is -0.120. The van der Waals surface area contributed by atoms with E-state index in [4.69, 9.17) is 10.5 Å². The maximum absolute atomic E-state index is 11.7. The summed E-state index contributed by atoms with van der Waals surface area (Å²) in [5, 5.41) is 2.75. The Morgan fingerprint density at radius 3 is 2.90 bits per heavy atom. The number of aryl methyl sites for hydroxylation is 1. The Hall–Kier alpha value is -2.40. The largest absolute Gasteiger partial charge is 0.398 e. The van der Waals surface area contributed by atoms with Crippen LogP contribution in [0.1, 0.15) is 11.3 Å². The van der Waals surface area contributed by atoms with E-state index in [-0.39, 0.29) is 12.5 Å². The van der Waals surface area contributed by atoms with Gasteiger partial charge in [0.15, 0.2) is 0 Å². The summed E-state index contributed by atoms with van der Waals surface area (Å²) in [6.45, 7) is 2.39. The summed E-state index contributed by atoms with van der Waals surface area (Å²) in [6, 6.07) is 11.1. The number of nitrogens with two attached hydrogens (primary N) is 1. The Morgan fingerprint density at radius 2 is 2.19 bits per heavy atom. The van der Waals surface area contributed by atoms with Crippen LogP contribution >= 0.6 is 0 Å². The summed E-state index contributed by atoms with van der Waals surface area (Å²) in [5.41, 5.74) is 9.06. The molecule has 5 heteroatoms. The average Bonchev–Trinajstić information content (AvgIpc) is 2.49. The number of pyridine rings is 1. The maximum atomic E-state index is 11.7. The fourth-order valence-electron chi connectivity index (χ4n) is 1.80. The third-order valence-electron chi connectivity index (χ3n) is 3.02. The van der Waals surface area contributed by atoms with Gasteiger partial charge in [-0.15, -0.1) is 0 Å². The van der Waals surface area contributed by atoms with Crippen molar-refractivity contribution in [3.8, 4) is 0 Å². The molecule has 2 rings (SSSR count). The van der Waals surface area contributed by atoms with E-state index >= 15 is 0 Å². The summed E-state index contributed by atoms with van der Waals surface area (Å²) in [5.74, 6) is -0.195. The molecule has 1 aromatic heterocycles. The zero-order valence-electron chi connectivity index (χ0n) is 12.0. The minimum Gasteiger partial charge on any atom is -0.398 e. The molecule has 1 aromatic carbocycles. The molecule has 0 spiro atoms. The van der Waals surface area contributed by atoms with Gasteiger partial charge in [-0.1, -0.05) is 12.1 Å². The van der Waals surface area contributed by atoms with Crippen molar-refractivity contribution in [2.75, 3.05) is 24.3 Å². The second-order valence-electron chi connectivity index (χ2n) is 4.74. The number of ether oxygens (including phenoxy) is 1. The van der Waals surface area contributed by atoms with E-state index in [1.807, 2.05) is 37.3 Å².